The number of ketones is 1. The minimum atomic E-state index is -0.890. The number of esters is 1. The van der Waals surface area contributed by atoms with E-state index in [-0.39, 0.29) is 23.8 Å². The highest BCUT2D eigenvalue weighted by Gasteiger charge is 2.48. The first-order valence-electron chi connectivity index (χ1n) is 16.7. The predicted octanol–water partition coefficient (Wildman–Crippen LogP) is 4.32. The fourth-order valence-electron chi connectivity index (χ4n) is 7.84. The second-order valence-corrected chi connectivity index (χ2v) is 15.1. The molecule has 3 rings (SSSR count). The summed E-state index contributed by atoms with van der Waals surface area (Å²) in [6, 6.07) is 0.987. The number of rotatable bonds is 8. The molecular formula is C34H63N3O6. The van der Waals surface area contributed by atoms with Crippen molar-refractivity contribution in [3.05, 3.63) is 0 Å². The van der Waals surface area contributed by atoms with Crippen LogP contribution in [0.15, 0.2) is 0 Å². The predicted molar refractivity (Wildman–Crippen MR) is 170 cm³/mol. The molecule has 250 valence electrons. The first-order chi connectivity index (χ1) is 20.1. The van der Waals surface area contributed by atoms with Gasteiger partial charge in [0.05, 0.1) is 17.8 Å². The third-order valence-corrected chi connectivity index (χ3v) is 10.5. The summed E-state index contributed by atoms with van der Waals surface area (Å²) in [6.45, 7) is 16.6. The zero-order chi connectivity index (χ0) is 32.2. The van der Waals surface area contributed by atoms with E-state index < -0.39 is 35.8 Å². The van der Waals surface area contributed by atoms with Gasteiger partial charge in [-0.25, -0.2) is 0 Å². The minimum absolute atomic E-state index is 0.0374. The molecule has 0 amide bonds. The maximum absolute atomic E-state index is 13.9. The zero-order valence-electron chi connectivity index (χ0n) is 29.3. The van der Waals surface area contributed by atoms with Crippen molar-refractivity contribution in [3.8, 4) is 0 Å². The van der Waals surface area contributed by atoms with E-state index >= 15 is 0 Å². The smallest absolute Gasteiger partial charge is 0.316 e. The average Bonchev–Trinajstić information content (AvgIpc) is 2.89. The van der Waals surface area contributed by atoms with Crippen LogP contribution in [-0.4, -0.2) is 124 Å². The first-order valence-corrected chi connectivity index (χ1v) is 16.7. The number of carbonyl (C=O) groups is 2. The van der Waals surface area contributed by atoms with Gasteiger partial charge in [0, 0.05) is 50.7 Å². The summed E-state index contributed by atoms with van der Waals surface area (Å²) in [5.74, 6) is -0.786. The molecule has 0 aromatic carbocycles. The van der Waals surface area contributed by atoms with E-state index in [0.717, 1.165) is 32.4 Å². The van der Waals surface area contributed by atoms with E-state index in [1.807, 2.05) is 6.92 Å². The second-order valence-electron chi connectivity index (χ2n) is 15.1. The molecule has 1 aliphatic carbocycles. The van der Waals surface area contributed by atoms with E-state index in [1.54, 1.807) is 14.0 Å². The lowest BCUT2D eigenvalue weighted by atomic mass is 9.74. The standard InChI is InChI=1S/C34H63N3O6/c1-21(2)18-36(10)28-14-26(15-28)29-20-41-33(39)25(6)31(38)24(5)32(34(7,40-12)17-22(3)19-37(29)11)43-30-16-27(35(8)9)13-23(4)42-30/h21-30,32H,13-20H2,1-12H3/t22-,23-,24+,25-,26-,27+,28+,29+,30+,32-,34-/m1/s1. The number of methoxy groups -OCH3 is 1. The normalized spacial score (nSPS) is 41.0. The van der Waals surface area contributed by atoms with Gasteiger partial charge >= 0.3 is 5.97 Å². The second kappa shape index (κ2) is 15.5. The van der Waals surface area contributed by atoms with Crippen molar-refractivity contribution in [1.29, 1.82) is 0 Å². The maximum atomic E-state index is 13.9. The van der Waals surface area contributed by atoms with E-state index in [0.29, 0.717) is 43.4 Å². The summed E-state index contributed by atoms with van der Waals surface area (Å²) < 4.78 is 25.2. The zero-order valence-corrected chi connectivity index (χ0v) is 29.3. The Hall–Kier alpha value is -1.10. The lowest BCUT2D eigenvalue weighted by molar-refractivity contribution is -0.262. The Bertz CT molecular complexity index is 911. The SMILES string of the molecule is CO[C@]1(C)C[C@@H](C)CN(C)[C@H]([C@H]2C[C@@H](N(C)CC(C)C)C2)COC(=O)[C@H](C)C(=O)[C@H](C)[C@H]1O[C@H]1C[C@@H](N(C)C)C[C@@H](C)O1. The van der Waals surface area contributed by atoms with Crippen LogP contribution in [0.25, 0.3) is 0 Å². The Morgan fingerprint density at radius 2 is 1.67 bits per heavy atom. The third kappa shape index (κ3) is 9.23. The topological polar surface area (TPSA) is 80.8 Å². The molecule has 2 saturated heterocycles. The number of cyclic esters (lactones) is 1. The molecule has 0 bridgehead atoms. The summed E-state index contributed by atoms with van der Waals surface area (Å²) in [7, 11) is 10.2. The van der Waals surface area contributed by atoms with Crippen LogP contribution in [0.2, 0.25) is 0 Å². The Balaban J connectivity index is 1.84. The summed E-state index contributed by atoms with van der Waals surface area (Å²) in [4.78, 5) is 34.3. The van der Waals surface area contributed by atoms with Crippen molar-refractivity contribution >= 4 is 11.8 Å². The molecular weight excluding hydrogens is 546 g/mol. The van der Waals surface area contributed by atoms with E-state index in [9.17, 15) is 9.59 Å². The molecule has 0 aromatic heterocycles. The lowest BCUT2D eigenvalue weighted by Gasteiger charge is -2.48. The molecule has 43 heavy (non-hydrogen) atoms. The van der Waals surface area contributed by atoms with Crippen LogP contribution >= 0.6 is 0 Å². The molecule has 3 aliphatic rings. The van der Waals surface area contributed by atoms with Crippen molar-refractivity contribution < 1.29 is 28.5 Å². The monoisotopic (exact) mass is 609 g/mol. The Morgan fingerprint density at radius 1 is 1.02 bits per heavy atom. The Labute approximate surface area is 262 Å². The van der Waals surface area contributed by atoms with Crippen LogP contribution in [0.1, 0.15) is 80.6 Å². The molecule has 1 saturated carbocycles. The quantitative estimate of drug-likeness (QED) is 0.295. The number of hydrogen-bond donors (Lipinski definition) is 0. The largest absolute Gasteiger partial charge is 0.463 e. The molecule has 9 atom stereocenters. The summed E-state index contributed by atoms with van der Waals surface area (Å²) in [5.41, 5.74) is -0.763. The number of likely N-dealkylation sites (N-methyl/N-ethyl adjacent to an activating group) is 1. The summed E-state index contributed by atoms with van der Waals surface area (Å²) in [5, 5.41) is 0. The van der Waals surface area contributed by atoms with Crippen LogP contribution in [0.4, 0.5) is 0 Å². The lowest BCUT2D eigenvalue weighted by Crippen LogP contribution is -2.55. The minimum Gasteiger partial charge on any atom is -0.463 e. The average molecular weight is 610 g/mol. The van der Waals surface area contributed by atoms with Gasteiger partial charge in [0.15, 0.2) is 12.1 Å². The molecule has 0 N–H and O–H groups in total. The van der Waals surface area contributed by atoms with Crippen molar-refractivity contribution in [2.75, 3.05) is 55.0 Å². The van der Waals surface area contributed by atoms with Crippen molar-refractivity contribution in [2.45, 2.75) is 123 Å². The number of ether oxygens (including phenoxy) is 4. The highest BCUT2D eigenvalue weighted by Crippen LogP contribution is 2.39. The van der Waals surface area contributed by atoms with Crippen LogP contribution in [-0.2, 0) is 28.5 Å². The highest BCUT2D eigenvalue weighted by molar-refractivity contribution is 5.99. The maximum Gasteiger partial charge on any atom is 0.316 e. The molecule has 9 nitrogen and oxygen atoms in total. The van der Waals surface area contributed by atoms with Crippen molar-refractivity contribution in [3.63, 3.8) is 0 Å². The molecule has 0 radical (unpaired) electrons. The van der Waals surface area contributed by atoms with E-state index in [1.165, 1.54) is 0 Å². The number of hydrogen-bond acceptors (Lipinski definition) is 9. The molecule has 0 aromatic rings. The summed E-state index contributed by atoms with van der Waals surface area (Å²) >= 11 is 0. The van der Waals surface area contributed by atoms with Crippen molar-refractivity contribution in [2.24, 2.45) is 29.6 Å². The van der Waals surface area contributed by atoms with Gasteiger partial charge in [-0.1, -0.05) is 27.7 Å². The van der Waals surface area contributed by atoms with Gasteiger partial charge in [0.25, 0.3) is 0 Å². The van der Waals surface area contributed by atoms with E-state index in [4.69, 9.17) is 18.9 Å². The van der Waals surface area contributed by atoms with Gasteiger partial charge in [-0.2, -0.15) is 0 Å². The van der Waals surface area contributed by atoms with E-state index in [2.05, 4.69) is 77.5 Å². The fraction of sp³-hybridized carbons (Fsp3) is 0.941. The van der Waals surface area contributed by atoms with Gasteiger partial charge in [-0.3, -0.25) is 14.5 Å². The van der Waals surface area contributed by atoms with Gasteiger partial charge < -0.3 is 28.7 Å². The van der Waals surface area contributed by atoms with Crippen LogP contribution in [0.3, 0.4) is 0 Å². The van der Waals surface area contributed by atoms with Gasteiger partial charge in [0.2, 0.25) is 0 Å². The molecule has 9 heteroatoms. The molecule has 3 fully saturated rings. The number of Topliss-reactive ketones (excluding diaryl/α,β-unsaturated/α-hetero) is 1. The molecule has 0 spiro atoms. The number of nitrogens with zero attached hydrogens (tertiary/aromatic N) is 3. The highest BCUT2D eigenvalue weighted by atomic mass is 16.7. The van der Waals surface area contributed by atoms with Crippen LogP contribution < -0.4 is 0 Å². The third-order valence-electron chi connectivity index (χ3n) is 10.5. The first kappa shape index (κ1) is 36.4. The Kier molecular flexibility index (Phi) is 13.1. The number of carbonyl (C=O) groups excluding carboxylic acids is 2. The fourth-order valence-corrected chi connectivity index (χ4v) is 7.84. The summed E-state index contributed by atoms with van der Waals surface area (Å²) in [6.07, 6.45) is 3.51. The van der Waals surface area contributed by atoms with Gasteiger partial charge in [0.1, 0.15) is 12.5 Å². The molecule has 2 heterocycles. The van der Waals surface area contributed by atoms with Crippen LogP contribution in [0, 0.1) is 29.6 Å². The van der Waals surface area contributed by atoms with Gasteiger partial charge in [-0.05, 0) is 92.4 Å². The van der Waals surface area contributed by atoms with Crippen LogP contribution in [0.5, 0.6) is 0 Å². The van der Waals surface area contributed by atoms with Gasteiger partial charge in [-0.15, -0.1) is 0 Å². The molecule has 0 unspecified atom stereocenters. The van der Waals surface area contributed by atoms with Crippen molar-refractivity contribution in [1.82, 2.24) is 14.7 Å². The Morgan fingerprint density at radius 3 is 2.26 bits per heavy atom. The molecule has 2 aliphatic heterocycles.